The first-order valence-corrected chi connectivity index (χ1v) is 13.5. The molecule has 0 saturated carbocycles. The van der Waals surface area contributed by atoms with Gasteiger partial charge in [-0.15, -0.1) is 0 Å². The third-order valence-electron chi connectivity index (χ3n) is 6.64. The van der Waals surface area contributed by atoms with E-state index in [1.54, 1.807) is 19.1 Å². The van der Waals surface area contributed by atoms with Crippen LogP contribution in [0, 0.1) is 20.8 Å². The van der Waals surface area contributed by atoms with Crippen molar-refractivity contribution in [3.63, 3.8) is 0 Å². The van der Waals surface area contributed by atoms with Gasteiger partial charge in [0.15, 0.2) is 10.6 Å². The van der Waals surface area contributed by atoms with E-state index >= 15 is 0 Å². The number of carbonyl (C=O) groups excluding carboxylic acids is 2. The number of hydrogen-bond donors (Lipinski definition) is 0. The summed E-state index contributed by atoms with van der Waals surface area (Å²) in [7, 11) is 0. The van der Waals surface area contributed by atoms with Crippen LogP contribution in [0.25, 0.3) is 11.0 Å². The molecule has 0 N–H and O–H groups in total. The molecule has 1 aliphatic heterocycles. The van der Waals surface area contributed by atoms with Gasteiger partial charge in [-0.05, 0) is 68.1 Å². The molecule has 5 rings (SSSR count). The number of ether oxygens (including phenoxy) is 2. The highest BCUT2D eigenvalue weighted by molar-refractivity contribution is 7.17. The van der Waals surface area contributed by atoms with E-state index < -0.39 is 17.9 Å². The van der Waals surface area contributed by atoms with Crippen molar-refractivity contribution in [2.75, 3.05) is 18.1 Å². The van der Waals surface area contributed by atoms with Crippen molar-refractivity contribution in [2.45, 2.75) is 40.2 Å². The van der Waals surface area contributed by atoms with Gasteiger partial charge in [-0.1, -0.05) is 43.0 Å². The second-order valence-electron chi connectivity index (χ2n) is 9.40. The Labute approximate surface area is 229 Å². The van der Waals surface area contributed by atoms with E-state index in [1.807, 2.05) is 45.0 Å². The maximum absolute atomic E-state index is 14.0. The van der Waals surface area contributed by atoms with Crippen LogP contribution in [0.3, 0.4) is 0 Å². The fraction of sp³-hybridized carbons (Fsp3) is 0.267. The molecule has 1 atom stereocenters. The minimum absolute atomic E-state index is 0.0377. The highest BCUT2D eigenvalue weighted by Gasteiger charge is 2.45. The van der Waals surface area contributed by atoms with Crippen LogP contribution < -0.4 is 15.1 Å². The number of thiazole rings is 1. The predicted molar refractivity (Wildman–Crippen MR) is 150 cm³/mol. The standard InChI is InChI=1S/C30H28N2O6S/c1-6-11-36-20-10-8-9-19(15-20)24-23-25(33)21-13-16(3)17(4)14-22(21)38-26(23)28(34)32(24)30-31-18(5)27(39-30)29(35)37-12-7-2/h7-10,13-15,24H,2,6,11-12H2,1,3-5H3. The summed E-state index contributed by atoms with van der Waals surface area (Å²) >= 11 is 1.03. The van der Waals surface area contributed by atoms with E-state index in [-0.39, 0.29) is 33.4 Å². The molecule has 0 spiro atoms. The molecule has 3 heterocycles. The minimum Gasteiger partial charge on any atom is -0.494 e. The van der Waals surface area contributed by atoms with Crippen LogP contribution in [-0.2, 0) is 4.74 Å². The second kappa shape index (κ2) is 10.5. The molecular weight excluding hydrogens is 516 g/mol. The summed E-state index contributed by atoms with van der Waals surface area (Å²) in [6, 6.07) is 10.0. The van der Waals surface area contributed by atoms with Gasteiger partial charge >= 0.3 is 5.97 Å². The summed E-state index contributed by atoms with van der Waals surface area (Å²) in [4.78, 5) is 46.8. The third kappa shape index (κ3) is 4.63. The van der Waals surface area contributed by atoms with Crippen LogP contribution in [-0.4, -0.2) is 30.1 Å². The van der Waals surface area contributed by atoms with Crippen molar-refractivity contribution in [3.05, 3.63) is 97.9 Å². The molecular formula is C30H28N2O6S. The fourth-order valence-corrected chi connectivity index (χ4v) is 5.60. The number of amides is 1. The van der Waals surface area contributed by atoms with Gasteiger partial charge in [0, 0.05) is 0 Å². The van der Waals surface area contributed by atoms with Crippen molar-refractivity contribution in [3.8, 4) is 5.75 Å². The Hall–Kier alpha value is -4.24. The number of aryl methyl sites for hydroxylation is 3. The lowest BCUT2D eigenvalue weighted by Crippen LogP contribution is -2.29. The van der Waals surface area contributed by atoms with Gasteiger partial charge in [0.05, 0.1) is 29.3 Å². The van der Waals surface area contributed by atoms with Gasteiger partial charge in [0.2, 0.25) is 5.76 Å². The molecule has 200 valence electrons. The topological polar surface area (TPSA) is 98.9 Å². The lowest BCUT2D eigenvalue weighted by molar-refractivity contribution is 0.0554. The van der Waals surface area contributed by atoms with E-state index in [0.29, 0.717) is 34.6 Å². The second-order valence-corrected chi connectivity index (χ2v) is 10.4. The Morgan fingerprint density at radius 3 is 2.69 bits per heavy atom. The zero-order valence-corrected chi connectivity index (χ0v) is 23.0. The summed E-state index contributed by atoms with van der Waals surface area (Å²) < 4.78 is 17.2. The predicted octanol–water partition coefficient (Wildman–Crippen LogP) is 6.06. The van der Waals surface area contributed by atoms with Crippen LogP contribution in [0.1, 0.15) is 67.6 Å². The number of benzene rings is 2. The van der Waals surface area contributed by atoms with Gasteiger partial charge in [-0.2, -0.15) is 0 Å². The molecule has 1 unspecified atom stereocenters. The quantitative estimate of drug-likeness (QED) is 0.196. The largest absolute Gasteiger partial charge is 0.494 e. The summed E-state index contributed by atoms with van der Waals surface area (Å²) in [5, 5.41) is 0.661. The molecule has 0 aliphatic carbocycles. The van der Waals surface area contributed by atoms with Gasteiger partial charge in [0.25, 0.3) is 5.91 Å². The molecule has 1 amide bonds. The van der Waals surface area contributed by atoms with E-state index in [2.05, 4.69) is 11.6 Å². The van der Waals surface area contributed by atoms with E-state index in [4.69, 9.17) is 13.9 Å². The average molecular weight is 545 g/mol. The van der Waals surface area contributed by atoms with Crippen LogP contribution in [0.4, 0.5) is 5.13 Å². The Morgan fingerprint density at radius 2 is 1.95 bits per heavy atom. The fourth-order valence-electron chi connectivity index (χ4n) is 4.61. The van der Waals surface area contributed by atoms with Crippen LogP contribution >= 0.6 is 11.3 Å². The zero-order chi connectivity index (χ0) is 27.8. The SMILES string of the molecule is C=CCOC(=O)c1sc(N2C(=O)c3oc4cc(C)c(C)cc4c(=O)c3C2c2cccc(OCCC)c2)nc1C. The first kappa shape index (κ1) is 26.4. The molecule has 0 radical (unpaired) electrons. The Kier molecular flexibility index (Phi) is 7.10. The molecule has 2 aromatic heterocycles. The number of hydrogen-bond acceptors (Lipinski definition) is 8. The smallest absolute Gasteiger partial charge is 0.350 e. The number of aromatic nitrogens is 1. The monoisotopic (exact) mass is 544 g/mol. The molecule has 4 aromatic rings. The van der Waals surface area contributed by atoms with Gasteiger partial charge in [0.1, 0.15) is 22.8 Å². The molecule has 0 saturated heterocycles. The van der Waals surface area contributed by atoms with Gasteiger partial charge in [-0.3, -0.25) is 14.5 Å². The van der Waals surface area contributed by atoms with Crippen LogP contribution in [0.2, 0.25) is 0 Å². The Morgan fingerprint density at radius 1 is 1.18 bits per heavy atom. The first-order chi connectivity index (χ1) is 18.7. The van der Waals surface area contributed by atoms with Crippen molar-refractivity contribution in [1.29, 1.82) is 0 Å². The zero-order valence-electron chi connectivity index (χ0n) is 22.2. The summed E-state index contributed by atoms with van der Waals surface area (Å²) in [6.45, 7) is 11.7. The van der Waals surface area contributed by atoms with Gasteiger partial charge in [-0.25, -0.2) is 9.78 Å². The summed E-state index contributed by atoms with van der Waals surface area (Å²) in [6.07, 6.45) is 2.31. The Bertz CT molecular complexity index is 1690. The summed E-state index contributed by atoms with van der Waals surface area (Å²) in [5.41, 5.74) is 3.27. The maximum Gasteiger partial charge on any atom is 0.350 e. The highest BCUT2D eigenvalue weighted by atomic mass is 32.1. The number of rotatable bonds is 8. The van der Waals surface area contributed by atoms with Crippen molar-refractivity contribution >= 4 is 39.3 Å². The van der Waals surface area contributed by atoms with Crippen LogP contribution in [0.15, 0.2) is 58.3 Å². The van der Waals surface area contributed by atoms with Crippen molar-refractivity contribution < 1.29 is 23.5 Å². The third-order valence-corrected chi connectivity index (χ3v) is 7.78. The van der Waals surface area contributed by atoms with E-state index in [9.17, 15) is 14.4 Å². The minimum atomic E-state index is -0.831. The van der Waals surface area contributed by atoms with Crippen LogP contribution in [0.5, 0.6) is 5.75 Å². The number of carbonyl (C=O) groups is 2. The van der Waals surface area contributed by atoms with E-state index in [0.717, 1.165) is 28.9 Å². The normalized spacial score (nSPS) is 14.5. The Balaban J connectivity index is 1.72. The summed E-state index contributed by atoms with van der Waals surface area (Å²) in [5.74, 6) is -0.482. The molecule has 8 nitrogen and oxygen atoms in total. The lowest BCUT2D eigenvalue weighted by atomic mass is 9.97. The van der Waals surface area contributed by atoms with E-state index in [1.165, 1.54) is 11.0 Å². The molecule has 1 aliphatic rings. The maximum atomic E-state index is 14.0. The molecule has 0 bridgehead atoms. The van der Waals surface area contributed by atoms with Crippen molar-refractivity contribution in [2.24, 2.45) is 0 Å². The lowest BCUT2D eigenvalue weighted by Gasteiger charge is -2.23. The molecule has 9 heteroatoms. The van der Waals surface area contributed by atoms with Crippen molar-refractivity contribution in [1.82, 2.24) is 4.98 Å². The molecule has 0 fully saturated rings. The van der Waals surface area contributed by atoms with Gasteiger partial charge < -0.3 is 13.9 Å². The molecule has 39 heavy (non-hydrogen) atoms. The molecule has 2 aromatic carbocycles. The number of anilines is 1. The number of nitrogens with zero attached hydrogens (tertiary/aromatic N) is 2. The first-order valence-electron chi connectivity index (χ1n) is 12.6. The number of esters is 1. The highest BCUT2D eigenvalue weighted by Crippen LogP contribution is 2.44. The number of fused-ring (bicyclic) bond motifs is 2. The average Bonchev–Trinajstić information content (AvgIpc) is 3.44.